The van der Waals surface area contributed by atoms with Crippen LogP contribution in [0.3, 0.4) is 0 Å². The zero-order chi connectivity index (χ0) is 13.4. The molecule has 1 aromatic heterocycles. The third kappa shape index (κ3) is 1.92. The molecule has 6 nitrogen and oxygen atoms in total. The van der Waals surface area contributed by atoms with Crippen molar-refractivity contribution in [1.82, 2.24) is 10.1 Å². The first-order valence-electron chi connectivity index (χ1n) is 6.72. The highest BCUT2D eigenvalue weighted by molar-refractivity contribution is 5.67. The largest absolute Gasteiger partial charge is 0.486 e. The zero-order valence-electron chi connectivity index (χ0n) is 10.9. The van der Waals surface area contributed by atoms with Gasteiger partial charge in [0, 0.05) is 12.5 Å². The maximum Gasteiger partial charge on any atom is 0.261 e. The quantitative estimate of drug-likeness (QED) is 0.834. The molecule has 0 saturated carbocycles. The summed E-state index contributed by atoms with van der Waals surface area (Å²) in [6.45, 7) is 2.50. The van der Waals surface area contributed by atoms with Crippen molar-refractivity contribution < 1.29 is 18.7 Å². The summed E-state index contributed by atoms with van der Waals surface area (Å²) < 4.78 is 22.0. The molecule has 0 aliphatic carbocycles. The second kappa shape index (κ2) is 4.79. The molecule has 0 radical (unpaired) electrons. The van der Waals surface area contributed by atoms with Crippen molar-refractivity contribution in [1.29, 1.82) is 0 Å². The molecular formula is C14H14N2O4. The number of para-hydroxylation sites is 1. The summed E-state index contributed by atoms with van der Waals surface area (Å²) in [4.78, 5) is 4.48. The number of nitrogens with zero attached hydrogens (tertiary/aromatic N) is 2. The number of fused-ring (bicyclic) bond motifs is 1. The van der Waals surface area contributed by atoms with Crippen LogP contribution < -0.4 is 9.47 Å². The molecule has 0 amide bonds. The molecule has 0 N–H and O–H groups in total. The summed E-state index contributed by atoms with van der Waals surface area (Å²) in [5, 5.41) is 4.06. The summed E-state index contributed by atoms with van der Waals surface area (Å²) in [5.41, 5.74) is 0.778. The Morgan fingerprint density at radius 3 is 2.95 bits per heavy atom. The molecule has 104 valence electrons. The molecule has 2 aromatic rings. The lowest BCUT2D eigenvalue weighted by molar-refractivity contribution is 0.172. The van der Waals surface area contributed by atoms with E-state index in [0.29, 0.717) is 37.3 Å². The average Bonchev–Trinajstić information content (AvgIpc) is 3.17. The Morgan fingerprint density at radius 2 is 2.05 bits per heavy atom. The molecule has 4 rings (SSSR count). The van der Waals surface area contributed by atoms with Crippen molar-refractivity contribution in [2.45, 2.75) is 12.3 Å². The normalized spacial score (nSPS) is 21.1. The molecule has 20 heavy (non-hydrogen) atoms. The van der Waals surface area contributed by atoms with E-state index in [1.165, 1.54) is 0 Å². The van der Waals surface area contributed by atoms with E-state index in [4.69, 9.17) is 18.7 Å². The highest BCUT2D eigenvalue weighted by Gasteiger charge is 2.25. The van der Waals surface area contributed by atoms with Crippen LogP contribution in [0, 0.1) is 0 Å². The van der Waals surface area contributed by atoms with E-state index in [2.05, 4.69) is 10.1 Å². The lowest BCUT2D eigenvalue weighted by Crippen LogP contribution is -2.15. The molecule has 6 heteroatoms. The van der Waals surface area contributed by atoms with Gasteiger partial charge in [0.25, 0.3) is 5.89 Å². The van der Waals surface area contributed by atoms with Gasteiger partial charge in [0.1, 0.15) is 13.2 Å². The van der Waals surface area contributed by atoms with E-state index >= 15 is 0 Å². The van der Waals surface area contributed by atoms with Crippen LogP contribution in [0.2, 0.25) is 0 Å². The van der Waals surface area contributed by atoms with Crippen molar-refractivity contribution in [3.05, 3.63) is 24.0 Å². The van der Waals surface area contributed by atoms with Gasteiger partial charge in [-0.2, -0.15) is 4.98 Å². The minimum absolute atomic E-state index is 0.226. The fourth-order valence-electron chi connectivity index (χ4n) is 2.49. The Kier molecular flexibility index (Phi) is 2.81. The van der Waals surface area contributed by atoms with Crippen LogP contribution in [-0.2, 0) is 4.74 Å². The van der Waals surface area contributed by atoms with Gasteiger partial charge < -0.3 is 18.7 Å². The first-order chi connectivity index (χ1) is 9.92. The molecule has 2 aliphatic rings. The number of ether oxygens (including phenoxy) is 3. The predicted molar refractivity (Wildman–Crippen MR) is 68.9 cm³/mol. The van der Waals surface area contributed by atoms with E-state index in [-0.39, 0.29) is 5.92 Å². The first kappa shape index (κ1) is 11.7. The van der Waals surface area contributed by atoms with Gasteiger partial charge in [-0.15, -0.1) is 0 Å². The van der Waals surface area contributed by atoms with E-state index in [1.807, 2.05) is 18.2 Å². The van der Waals surface area contributed by atoms with Crippen LogP contribution in [0.1, 0.15) is 18.2 Å². The lowest BCUT2D eigenvalue weighted by Gasteiger charge is -2.19. The maximum absolute atomic E-state index is 5.67. The van der Waals surface area contributed by atoms with E-state index in [9.17, 15) is 0 Å². The fourth-order valence-corrected chi connectivity index (χ4v) is 2.49. The minimum Gasteiger partial charge on any atom is -0.486 e. The fraction of sp³-hybridized carbons (Fsp3) is 0.429. The second-order valence-corrected chi connectivity index (χ2v) is 4.85. The molecule has 0 bridgehead atoms. The summed E-state index contributed by atoms with van der Waals surface area (Å²) in [6, 6.07) is 5.67. The SMILES string of the molecule is c1cc2c(c(-c3nc(C4CCOC4)no3)c1)OCCO2. The minimum atomic E-state index is 0.226. The highest BCUT2D eigenvalue weighted by Crippen LogP contribution is 2.39. The van der Waals surface area contributed by atoms with Gasteiger partial charge in [-0.05, 0) is 18.6 Å². The lowest BCUT2D eigenvalue weighted by atomic mass is 10.1. The molecule has 1 fully saturated rings. The summed E-state index contributed by atoms with van der Waals surface area (Å²) in [6.07, 6.45) is 0.936. The predicted octanol–water partition coefficient (Wildman–Crippen LogP) is 2.01. The Bertz CT molecular complexity index is 619. The Hall–Kier alpha value is -2.08. The third-order valence-electron chi connectivity index (χ3n) is 3.53. The van der Waals surface area contributed by atoms with Crippen molar-refractivity contribution >= 4 is 0 Å². The van der Waals surface area contributed by atoms with Crippen LogP contribution in [0.15, 0.2) is 22.7 Å². The molecule has 3 heterocycles. The van der Waals surface area contributed by atoms with Crippen LogP contribution in [0.25, 0.3) is 11.5 Å². The molecule has 1 saturated heterocycles. The topological polar surface area (TPSA) is 66.6 Å². The number of hydrogen-bond acceptors (Lipinski definition) is 6. The van der Waals surface area contributed by atoms with Crippen LogP contribution in [0.4, 0.5) is 0 Å². The van der Waals surface area contributed by atoms with E-state index in [1.54, 1.807) is 0 Å². The molecule has 0 spiro atoms. The van der Waals surface area contributed by atoms with Gasteiger partial charge in [0.15, 0.2) is 17.3 Å². The van der Waals surface area contributed by atoms with Gasteiger partial charge in [-0.25, -0.2) is 0 Å². The average molecular weight is 274 g/mol. The Morgan fingerprint density at radius 1 is 1.10 bits per heavy atom. The number of benzene rings is 1. The standard InChI is InChI=1S/C14H14N2O4/c1-2-10(12-11(3-1)18-6-7-19-12)14-15-13(16-20-14)9-4-5-17-8-9/h1-3,9H,4-8H2. The molecule has 2 aliphatic heterocycles. The third-order valence-corrected chi connectivity index (χ3v) is 3.53. The molecule has 1 atom stereocenters. The van der Waals surface area contributed by atoms with Crippen LogP contribution >= 0.6 is 0 Å². The smallest absolute Gasteiger partial charge is 0.261 e. The number of aromatic nitrogens is 2. The van der Waals surface area contributed by atoms with Gasteiger partial charge in [0.2, 0.25) is 0 Å². The molecular weight excluding hydrogens is 260 g/mol. The summed E-state index contributed by atoms with van der Waals surface area (Å²) >= 11 is 0. The maximum atomic E-state index is 5.67. The van der Waals surface area contributed by atoms with Crippen LogP contribution in [0.5, 0.6) is 11.5 Å². The Balaban J connectivity index is 1.70. The van der Waals surface area contributed by atoms with E-state index < -0.39 is 0 Å². The van der Waals surface area contributed by atoms with Crippen LogP contribution in [-0.4, -0.2) is 36.6 Å². The van der Waals surface area contributed by atoms with Gasteiger partial charge >= 0.3 is 0 Å². The number of hydrogen-bond donors (Lipinski definition) is 0. The van der Waals surface area contributed by atoms with Crippen molar-refractivity contribution in [3.8, 4) is 23.0 Å². The van der Waals surface area contributed by atoms with Gasteiger partial charge in [-0.3, -0.25) is 0 Å². The molecule has 1 unspecified atom stereocenters. The first-order valence-corrected chi connectivity index (χ1v) is 6.72. The highest BCUT2D eigenvalue weighted by atomic mass is 16.6. The Labute approximate surface area is 115 Å². The molecule has 1 aromatic carbocycles. The summed E-state index contributed by atoms with van der Waals surface area (Å²) in [5.74, 6) is 2.79. The number of rotatable bonds is 2. The van der Waals surface area contributed by atoms with Crippen molar-refractivity contribution in [2.75, 3.05) is 26.4 Å². The monoisotopic (exact) mass is 274 g/mol. The zero-order valence-corrected chi connectivity index (χ0v) is 10.9. The van der Waals surface area contributed by atoms with Gasteiger partial charge in [-0.1, -0.05) is 11.2 Å². The van der Waals surface area contributed by atoms with E-state index in [0.717, 1.165) is 24.3 Å². The second-order valence-electron chi connectivity index (χ2n) is 4.85. The van der Waals surface area contributed by atoms with Crippen molar-refractivity contribution in [2.24, 2.45) is 0 Å². The van der Waals surface area contributed by atoms with Crippen molar-refractivity contribution in [3.63, 3.8) is 0 Å². The van der Waals surface area contributed by atoms with Gasteiger partial charge in [0.05, 0.1) is 12.2 Å². The summed E-state index contributed by atoms with van der Waals surface area (Å²) in [7, 11) is 0.